The summed E-state index contributed by atoms with van der Waals surface area (Å²) in [6.45, 7) is 3.48. The van der Waals surface area contributed by atoms with Gasteiger partial charge in [0.2, 0.25) is 0 Å². The first-order chi connectivity index (χ1) is 11.6. The smallest absolute Gasteiger partial charge is 0.324 e. The fourth-order valence-electron chi connectivity index (χ4n) is 2.94. The molecule has 6 nitrogen and oxygen atoms in total. The summed E-state index contributed by atoms with van der Waals surface area (Å²) in [6, 6.07) is -0.607. The fourth-order valence-corrected chi connectivity index (χ4v) is 2.94. The van der Waals surface area contributed by atoms with Gasteiger partial charge in [0, 0.05) is 26.9 Å². The highest BCUT2D eigenvalue weighted by Gasteiger charge is 2.22. The lowest BCUT2D eigenvalue weighted by atomic mass is 10.0. The van der Waals surface area contributed by atoms with Crippen molar-refractivity contribution in [3.05, 3.63) is 12.2 Å². The Morgan fingerprint density at radius 2 is 2.12 bits per heavy atom. The summed E-state index contributed by atoms with van der Waals surface area (Å²) < 4.78 is 16.4. The number of hydrogen-bond donors (Lipinski definition) is 2. The van der Waals surface area contributed by atoms with Crippen molar-refractivity contribution < 1.29 is 24.1 Å². The van der Waals surface area contributed by atoms with Gasteiger partial charge in [0.15, 0.2) is 0 Å². The molecular weight excluding hydrogens is 310 g/mol. The van der Waals surface area contributed by atoms with E-state index in [1.54, 1.807) is 20.3 Å². The molecule has 6 heteroatoms. The van der Waals surface area contributed by atoms with Gasteiger partial charge in [-0.05, 0) is 25.7 Å². The Bertz CT molecular complexity index is 368. The van der Waals surface area contributed by atoms with Crippen LogP contribution in [0.5, 0.6) is 0 Å². The van der Waals surface area contributed by atoms with E-state index in [0.29, 0.717) is 13.0 Å². The lowest BCUT2D eigenvalue weighted by Crippen LogP contribution is -2.46. The number of unbranched alkanes of at least 4 members (excludes halogenated alkanes) is 1. The lowest BCUT2D eigenvalue weighted by molar-refractivity contribution is -0.138. The van der Waals surface area contributed by atoms with Crippen LogP contribution in [0.4, 0.5) is 0 Å². The number of carboxylic acids is 1. The van der Waals surface area contributed by atoms with Crippen molar-refractivity contribution in [2.24, 2.45) is 0 Å². The van der Waals surface area contributed by atoms with E-state index in [4.69, 9.17) is 14.2 Å². The molecule has 24 heavy (non-hydrogen) atoms. The summed E-state index contributed by atoms with van der Waals surface area (Å²) in [4.78, 5) is 11.4. The minimum atomic E-state index is -0.875. The summed E-state index contributed by atoms with van der Waals surface area (Å²) in [7, 11) is 3.36. The van der Waals surface area contributed by atoms with Crippen LogP contribution in [0.15, 0.2) is 12.2 Å². The van der Waals surface area contributed by atoms with Gasteiger partial charge >= 0.3 is 5.97 Å². The number of ether oxygens (including phenoxy) is 3. The van der Waals surface area contributed by atoms with Crippen molar-refractivity contribution in [1.82, 2.24) is 5.32 Å². The monoisotopic (exact) mass is 343 g/mol. The molecule has 1 heterocycles. The van der Waals surface area contributed by atoms with Crippen LogP contribution >= 0.6 is 0 Å². The number of carbonyl (C=O) groups is 1. The second-order valence-electron chi connectivity index (χ2n) is 6.25. The van der Waals surface area contributed by atoms with E-state index >= 15 is 0 Å². The Hall–Kier alpha value is -0.950. The number of hydrogen-bond acceptors (Lipinski definition) is 5. The van der Waals surface area contributed by atoms with Gasteiger partial charge in [-0.1, -0.05) is 31.9 Å². The van der Waals surface area contributed by atoms with Crippen LogP contribution in [0, 0.1) is 0 Å². The molecule has 2 N–H and O–H groups in total. The maximum Gasteiger partial charge on any atom is 0.324 e. The molecule has 0 spiro atoms. The van der Waals surface area contributed by atoms with Crippen molar-refractivity contribution in [2.45, 2.75) is 69.7 Å². The molecule has 1 rings (SSSR count). The lowest BCUT2D eigenvalue weighted by Gasteiger charge is -2.26. The van der Waals surface area contributed by atoms with Gasteiger partial charge in [-0.25, -0.2) is 0 Å². The van der Waals surface area contributed by atoms with Gasteiger partial charge in [-0.3, -0.25) is 10.1 Å². The normalized spacial score (nSPS) is 22.4. The predicted octanol–water partition coefficient (Wildman–Crippen LogP) is 2.37. The quantitative estimate of drug-likeness (QED) is 0.530. The number of nitrogens with one attached hydrogen (secondary N) is 1. The first-order valence-electron chi connectivity index (χ1n) is 8.91. The molecule has 1 aliphatic heterocycles. The molecule has 140 valence electrons. The van der Waals surface area contributed by atoms with Gasteiger partial charge in [0.1, 0.15) is 6.04 Å². The first kappa shape index (κ1) is 21.1. The minimum Gasteiger partial charge on any atom is -0.480 e. The molecule has 0 aromatic heterocycles. The second-order valence-corrected chi connectivity index (χ2v) is 6.25. The van der Waals surface area contributed by atoms with E-state index in [2.05, 4.69) is 12.2 Å². The predicted molar refractivity (Wildman–Crippen MR) is 93.3 cm³/mol. The Kier molecular flexibility index (Phi) is 10.9. The third kappa shape index (κ3) is 7.75. The van der Waals surface area contributed by atoms with E-state index in [-0.39, 0.29) is 18.2 Å². The summed E-state index contributed by atoms with van der Waals surface area (Å²) in [5.74, 6) is -0.875. The van der Waals surface area contributed by atoms with Crippen LogP contribution in [0.1, 0.15) is 45.4 Å². The number of aliphatic carboxylic acids is 1. The number of rotatable bonds is 12. The highest BCUT2D eigenvalue weighted by Crippen LogP contribution is 2.15. The highest BCUT2D eigenvalue weighted by atomic mass is 16.5. The third-order valence-corrected chi connectivity index (χ3v) is 4.40. The molecule has 4 atom stereocenters. The second kappa shape index (κ2) is 12.4. The molecule has 0 saturated carbocycles. The molecule has 1 fully saturated rings. The van der Waals surface area contributed by atoms with Crippen molar-refractivity contribution in [2.75, 3.05) is 27.4 Å². The Labute approximate surface area is 145 Å². The van der Waals surface area contributed by atoms with Gasteiger partial charge in [0.25, 0.3) is 0 Å². The zero-order valence-corrected chi connectivity index (χ0v) is 15.2. The van der Waals surface area contributed by atoms with Gasteiger partial charge in [0.05, 0.1) is 18.8 Å². The van der Waals surface area contributed by atoms with Crippen LogP contribution in [-0.2, 0) is 19.0 Å². The van der Waals surface area contributed by atoms with E-state index in [1.807, 2.05) is 6.08 Å². The fraction of sp³-hybridized carbons (Fsp3) is 0.833. The topological polar surface area (TPSA) is 77.0 Å². The largest absolute Gasteiger partial charge is 0.480 e. The third-order valence-electron chi connectivity index (χ3n) is 4.40. The molecule has 0 amide bonds. The van der Waals surface area contributed by atoms with Gasteiger partial charge < -0.3 is 19.3 Å². The van der Waals surface area contributed by atoms with Crippen LogP contribution in [0.25, 0.3) is 0 Å². The molecule has 0 radical (unpaired) electrons. The SMILES string of the molecule is CCCC[C@@H](OC)[C@H](CC=C[C@H](N[C@@H]1CCCOC1)C(=O)O)OC. The maximum atomic E-state index is 11.4. The summed E-state index contributed by atoms with van der Waals surface area (Å²) in [5, 5.41) is 12.5. The van der Waals surface area contributed by atoms with Crippen LogP contribution < -0.4 is 5.32 Å². The molecule has 0 unspecified atom stereocenters. The summed E-state index contributed by atoms with van der Waals surface area (Å²) in [5.41, 5.74) is 0. The molecule has 0 bridgehead atoms. The van der Waals surface area contributed by atoms with Gasteiger partial charge in [-0.2, -0.15) is 0 Å². The Morgan fingerprint density at radius 3 is 2.67 bits per heavy atom. The highest BCUT2D eigenvalue weighted by molar-refractivity contribution is 5.75. The molecule has 1 aliphatic rings. The number of methoxy groups -OCH3 is 2. The average Bonchev–Trinajstić information content (AvgIpc) is 2.60. The van der Waals surface area contributed by atoms with Crippen LogP contribution in [0.3, 0.4) is 0 Å². The standard InChI is InChI=1S/C18H33NO5/c1-4-5-10-16(22-2)17(23-3)11-6-9-15(18(20)21)19-14-8-7-12-24-13-14/h6,9,14-17,19H,4-5,7-8,10-13H2,1-3H3,(H,20,21)/t14-,15+,16-,17+/m1/s1. The molecule has 0 aliphatic carbocycles. The van der Waals surface area contributed by atoms with Crippen LogP contribution in [-0.4, -0.2) is 62.8 Å². The molecule has 1 saturated heterocycles. The number of carboxylic acid groups (broad SMARTS) is 1. The molecule has 0 aromatic rings. The zero-order valence-electron chi connectivity index (χ0n) is 15.2. The van der Waals surface area contributed by atoms with Crippen molar-refractivity contribution in [3.63, 3.8) is 0 Å². The summed E-state index contributed by atoms with van der Waals surface area (Å²) >= 11 is 0. The first-order valence-corrected chi connectivity index (χ1v) is 8.91. The van der Waals surface area contributed by atoms with Crippen molar-refractivity contribution >= 4 is 5.97 Å². The van der Waals surface area contributed by atoms with E-state index in [0.717, 1.165) is 38.7 Å². The maximum absolute atomic E-state index is 11.4. The average molecular weight is 343 g/mol. The molecule has 0 aromatic carbocycles. The van der Waals surface area contributed by atoms with E-state index in [9.17, 15) is 9.90 Å². The summed E-state index contributed by atoms with van der Waals surface area (Å²) in [6.07, 6.45) is 9.23. The van der Waals surface area contributed by atoms with E-state index in [1.165, 1.54) is 0 Å². The van der Waals surface area contributed by atoms with E-state index < -0.39 is 12.0 Å². The van der Waals surface area contributed by atoms with Crippen molar-refractivity contribution in [3.8, 4) is 0 Å². The molecular formula is C18H33NO5. The van der Waals surface area contributed by atoms with Gasteiger partial charge in [-0.15, -0.1) is 0 Å². The Balaban J connectivity index is 2.52. The van der Waals surface area contributed by atoms with Crippen molar-refractivity contribution in [1.29, 1.82) is 0 Å². The zero-order chi connectivity index (χ0) is 17.8. The minimum absolute atomic E-state index is 0.0302. The van der Waals surface area contributed by atoms with Crippen LogP contribution in [0.2, 0.25) is 0 Å². The Morgan fingerprint density at radius 1 is 1.38 bits per heavy atom.